The van der Waals surface area contributed by atoms with Crippen LogP contribution in [0.3, 0.4) is 0 Å². The van der Waals surface area contributed by atoms with Gasteiger partial charge in [-0.05, 0) is 81.0 Å². The molecule has 1 saturated carbocycles. The lowest BCUT2D eigenvalue weighted by atomic mass is 9.92. The molecule has 0 radical (unpaired) electrons. The number of carbonyl (C=O) groups is 1. The van der Waals surface area contributed by atoms with Crippen molar-refractivity contribution in [3.05, 3.63) is 47.6 Å². The maximum Gasteiger partial charge on any atom is 0.305 e. The van der Waals surface area contributed by atoms with Crippen LogP contribution in [0.15, 0.2) is 47.6 Å². The molecule has 1 aliphatic carbocycles. The molecule has 6 heteroatoms. The molecule has 0 unspecified atom stereocenters. The highest BCUT2D eigenvalue weighted by Gasteiger charge is 2.44. The standard InChI is InChI=1S/C32H51NO5/c1-8-28-21(5)12-15-29(38-28)22(6)17-20(4)11-13-25-23(7)26(25)14-16-30-32(36)27(33(9-2)10-3)18-24(37-30)19-31(34)35/h11-14,16-17,20,23-30,32,36H,8-10,15,18-19H2,1-7H3,(H,34,35)/b13-11+,16-14+,22-17+/t20-,23-,24+,25+,26+,27+,28-,29-,30+,32-/m1/s1. The molecule has 3 rings (SSSR count). The summed E-state index contributed by atoms with van der Waals surface area (Å²) in [5.74, 6) is 0.884. The molecule has 0 aromatic heterocycles. The molecule has 0 bridgehead atoms. The number of rotatable bonds is 12. The fourth-order valence-corrected chi connectivity index (χ4v) is 6.28. The molecule has 2 heterocycles. The summed E-state index contributed by atoms with van der Waals surface area (Å²) in [7, 11) is 0. The van der Waals surface area contributed by atoms with E-state index in [-0.39, 0.29) is 30.8 Å². The molecule has 2 aliphatic heterocycles. The van der Waals surface area contributed by atoms with E-state index in [0.29, 0.717) is 30.1 Å². The number of likely N-dealkylation sites (N-methyl/N-ethyl adjacent to an activating group) is 1. The minimum absolute atomic E-state index is 0.0360. The van der Waals surface area contributed by atoms with Gasteiger partial charge in [0.25, 0.3) is 0 Å². The Bertz CT molecular complexity index is 904. The van der Waals surface area contributed by atoms with Gasteiger partial charge in [-0.3, -0.25) is 9.69 Å². The normalized spacial score (nSPS) is 37.1. The van der Waals surface area contributed by atoms with Crippen molar-refractivity contribution in [3.63, 3.8) is 0 Å². The van der Waals surface area contributed by atoms with Crippen LogP contribution in [0.2, 0.25) is 0 Å². The van der Waals surface area contributed by atoms with E-state index in [1.165, 1.54) is 11.1 Å². The van der Waals surface area contributed by atoms with E-state index >= 15 is 0 Å². The van der Waals surface area contributed by atoms with E-state index in [2.05, 4.69) is 83.7 Å². The summed E-state index contributed by atoms with van der Waals surface area (Å²) >= 11 is 0. The first-order valence-corrected chi connectivity index (χ1v) is 14.8. The van der Waals surface area contributed by atoms with Crippen LogP contribution < -0.4 is 0 Å². The highest BCUT2D eigenvalue weighted by Crippen LogP contribution is 2.48. The number of aliphatic hydroxyl groups excluding tert-OH is 1. The van der Waals surface area contributed by atoms with Gasteiger partial charge in [-0.15, -0.1) is 0 Å². The Kier molecular flexibility index (Phi) is 11.4. The summed E-state index contributed by atoms with van der Waals surface area (Å²) in [6.45, 7) is 16.8. The van der Waals surface area contributed by atoms with E-state index in [9.17, 15) is 15.0 Å². The van der Waals surface area contributed by atoms with Crippen LogP contribution in [0.1, 0.15) is 74.1 Å². The summed E-state index contributed by atoms with van der Waals surface area (Å²) < 4.78 is 12.4. The van der Waals surface area contributed by atoms with Crippen molar-refractivity contribution < 1.29 is 24.5 Å². The summed E-state index contributed by atoms with van der Waals surface area (Å²) in [6.07, 6.45) is 14.8. The Hall–Kier alpha value is -1.73. The lowest BCUT2D eigenvalue weighted by molar-refractivity contribution is -0.155. The average molecular weight is 530 g/mol. The van der Waals surface area contributed by atoms with Crippen LogP contribution in [-0.2, 0) is 14.3 Å². The number of aliphatic carboxylic acids is 1. The number of allylic oxidation sites excluding steroid dienone is 4. The molecular weight excluding hydrogens is 478 g/mol. The predicted octanol–water partition coefficient (Wildman–Crippen LogP) is 5.78. The SMILES string of the molecule is CC[C@H]1O[C@@H](/C(C)=C/[C@H](C)/C=C/[C@H]2[C@@H](C)[C@@H]2/C=C/[C@@H]2O[C@H](CC(=O)O)C[C@H](N(CC)CC)[C@H]2O)CC=C1C. The predicted molar refractivity (Wildman–Crippen MR) is 153 cm³/mol. The average Bonchev–Trinajstić information content (AvgIpc) is 3.51. The quantitative estimate of drug-likeness (QED) is 0.312. The van der Waals surface area contributed by atoms with Gasteiger partial charge in [0.05, 0.1) is 30.8 Å². The Balaban J connectivity index is 1.59. The molecule has 0 aromatic rings. The first kappa shape index (κ1) is 30.8. The monoisotopic (exact) mass is 529 g/mol. The Morgan fingerprint density at radius 3 is 2.47 bits per heavy atom. The lowest BCUT2D eigenvalue weighted by Crippen LogP contribution is -2.55. The van der Waals surface area contributed by atoms with E-state index in [4.69, 9.17) is 9.47 Å². The molecule has 1 saturated heterocycles. The van der Waals surface area contributed by atoms with Gasteiger partial charge in [0.2, 0.25) is 0 Å². The fraction of sp³-hybridized carbons (Fsp3) is 0.719. The largest absolute Gasteiger partial charge is 0.481 e. The minimum atomic E-state index is -0.862. The zero-order valence-corrected chi connectivity index (χ0v) is 24.5. The Morgan fingerprint density at radius 1 is 1.16 bits per heavy atom. The number of ether oxygens (including phenoxy) is 2. The molecule has 2 fully saturated rings. The van der Waals surface area contributed by atoms with Crippen LogP contribution in [0.5, 0.6) is 0 Å². The second kappa shape index (κ2) is 14.1. The van der Waals surface area contributed by atoms with Crippen molar-refractivity contribution in [2.75, 3.05) is 13.1 Å². The second-order valence-corrected chi connectivity index (χ2v) is 11.6. The van der Waals surface area contributed by atoms with Crippen molar-refractivity contribution >= 4 is 5.97 Å². The number of hydrogen-bond donors (Lipinski definition) is 2. The second-order valence-electron chi connectivity index (χ2n) is 11.6. The van der Waals surface area contributed by atoms with Crippen molar-refractivity contribution in [2.24, 2.45) is 23.7 Å². The first-order chi connectivity index (χ1) is 18.1. The molecule has 2 N–H and O–H groups in total. The van der Waals surface area contributed by atoms with Gasteiger partial charge in [-0.1, -0.05) is 71.1 Å². The van der Waals surface area contributed by atoms with Gasteiger partial charge in [0, 0.05) is 6.04 Å². The third-order valence-electron chi connectivity index (χ3n) is 8.84. The molecule has 214 valence electrons. The number of hydrogen-bond acceptors (Lipinski definition) is 5. The Morgan fingerprint density at radius 2 is 1.84 bits per heavy atom. The third kappa shape index (κ3) is 7.91. The highest BCUT2D eigenvalue weighted by atomic mass is 16.5. The Labute approximate surface area is 230 Å². The molecule has 0 aromatic carbocycles. The van der Waals surface area contributed by atoms with Crippen LogP contribution in [0.4, 0.5) is 0 Å². The zero-order valence-electron chi connectivity index (χ0n) is 24.5. The van der Waals surface area contributed by atoms with Gasteiger partial charge < -0.3 is 19.7 Å². The van der Waals surface area contributed by atoms with E-state index in [1.807, 2.05) is 6.08 Å². The zero-order chi connectivity index (χ0) is 28.0. The smallest absolute Gasteiger partial charge is 0.305 e. The molecule has 0 amide bonds. The number of carboxylic acids is 1. The molecule has 38 heavy (non-hydrogen) atoms. The van der Waals surface area contributed by atoms with Crippen LogP contribution in [0.25, 0.3) is 0 Å². The van der Waals surface area contributed by atoms with Gasteiger partial charge >= 0.3 is 5.97 Å². The van der Waals surface area contributed by atoms with Crippen molar-refractivity contribution in [1.29, 1.82) is 0 Å². The molecule has 0 spiro atoms. The number of carboxylic acid groups (broad SMARTS) is 1. The van der Waals surface area contributed by atoms with E-state index in [1.54, 1.807) is 0 Å². The third-order valence-corrected chi connectivity index (χ3v) is 8.84. The number of aliphatic hydroxyl groups is 1. The summed E-state index contributed by atoms with van der Waals surface area (Å²) in [5.41, 5.74) is 2.64. The van der Waals surface area contributed by atoms with Crippen LogP contribution in [0, 0.1) is 23.7 Å². The maximum absolute atomic E-state index is 11.4. The van der Waals surface area contributed by atoms with Gasteiger partial charge in [0.1, 0.15) is 6.10 Å². The van der Waals surface area contributed by atoms with Crippen LogP contribution in [-0.4, -0.2) is 70.7 Å². The van der Waals surface area contributed by atoms with Crippen LogP contribution >= 0.6 is 0 Å². The molecule has 6 nitrogen and oxygen atoms in total. The first-order valence-electron chi connectivity index (χ1n) is 14.8. The van der Waals surface area contributed by atoms with E-state index < -0.39 is 18.2 Å². The minimum Gasteiger partial charge on any atom is -0.481 e. The molecule has 3 aliphatic rings. The van der Waals surface area contributed by atoms with Crippen molar-refractivity contribution in [2.45, 2.75) is 111 Å². The maximum atomic E-state index is 11.4. The summed E-state index contributed by atoms with van der Waals surface area (Å²) in [5, 5.41) is 20.4. The highest BCUT2D eigenvalue weighted by molar-refractivity contribution is 5.67. The van der Waals surface area contributed by atoms with Gasteiger partial charge in [0.15, 0.2) is 0 Å². The number of nitrogens with zero attached hydrogens (tertiary/aromatic N) is 1. The summed E-state index contributed by atoms with van der Waals surface area (Å²) in [6, 6.07) is -0.0962. The van der Waals surface area contributed by atoms with E-state index in [0.717, 1.165) is 25.9 Å². The fourth-order valence-electron chi connectivity index (χ4n) is 6.28. The summed E-state index contributed by atoms with van der Waals surface area (Å²) in [4.78, 5) is 13.6. The van der Waals surface area contributed by atoms with Gasteiger partial charge in [-0.2, -0.15) is 0 Å². The molecular formula is C32H51NO5. The topological polar surface area (TPSA) is 79.2 Å². The van der Waals surface area contributed by atoms with Crippen molar-refractivity contribution in [3.8, 4) is 0 Å². The lowest BCUT2D eigenvalue weighted by Gasteiger charge is -2.43. The van der Waals surface area contributed by atoms with Crippen molar-refractivity contribution in [1.82, 2.24) is 4.90 Å². The van der Waals surface area contributed by atoms with Gasteiger partial charge in [-0.25, -0.2) is 0 Å². The molecule has 10 atom stereocenters.